The number of benzene rings is 2. The van der Waals surface area contributed by atoms with Crippen LogP contribution in [-0.4, -0.2) is 32.2 Å². The average molecular weight is 343 g/mol. The Labute approximate surface area is 146 Å². The number of carbonyl (C=O) groups is 2. The number of carbonyl (C=O) groups excluding carboxylic acids is 2. The van der Waals surface area contributed by atoms with Crippen LogP contribution in [0.5, 0.6) is 11.5 Å². The summed E-state index contributed by atoms with van der Waals surface area (Å²) in [6.45, 7) is 3.46. The Hall–Kier alpha value is -3.02. The molecule has 0 heterocycles. The molecule has 0 radical (unpaired) electrons. The summed E-state index contributed by atoms with van der Waals surface area (Å²) >= 11 is 0. The topological polar surface area (TPSA) is 73.9 Å². The standard InChI is InChI=1S/C19H21NO5/c1-12-8-10-14(11-9-12)20-18(21)13(2)25-19(22)15-6-5-7-16(23-3)17(15)24-4/h5-11,13H,1-4H3,(H,20,21)/t13-/m0/s1. The second-order valence-electron chi connectivity index (χ2n) is 5.44. The first-order valence-corrected chi connectivity index (χ1v) is 7.75. The third-order valence-electron chi connectivity index (χ3n) is 3.60. The fourth-order valence-electron chi connectivity index (χ4n) is 2.21. The Balaban J connectivity index is 2.07. The van der Waals surface area contributed by atoms with Crippen molar-refractivity contribution in [2.75, 3.05) is 19.5 Å². The van der Waals surface area contributed by atoms with Gasteiger partial charge in [-0.05, 0) is 38.1 Å². The number of anilines is 1. The van der Waals surface area contributed by atoms with E-state index in [1.54, 1.807) is 30.3 Å². The fourth-order valence-corrected chi connectivity index (χ4v) is 2.21. The van der Waals surface area contributed by atoms with E-state index in [0.29, 0.717) is 11.4 Å². The van der Waals surface area contributed by atoms with Crippen molar-refractivity contribution in [1.29, 1.82) is 0 Å². The number of nitrogens with one attached hydrogen (secondary N) is 1. The highest BCUT2D eigenvalue weighted by Crippen LogP contribution is 2.31. The predicted molar refractivity (Wildman–Crippen MR) is 94.2 cm³/mol. The molecule has 132 valence electrons. The molecule has 0 fully saturated rings. The lowest BCUT2D eigenvalue weighted by Crippen LogP contribution is -2.30. The van der Waals surface area contributed by atoms with E-state index in [1.807, 2.05) is 19.1 Å². The molecule has 0 saturated carbocycles. The Morgan fingerprint density at radius 2 is 1.68 bits per heavy atom. The second kappa shape index (κ2) is 8.19. The first-order valence-electron chi connectivity index (χ1n) is 7.75. The Kier molecular flexibility index (Phi) is 6.00. The summed E-state index contributed by atoms with van der Waals surface area (Å²) in [5.74, 6) is -0.406. The van der Waals surface area contributed by atoms with Crippen LogP contribution in [-0.2, 0) is 9.53 Å². The molecule has 0 aromatic heterocycles. The molecule has 0 unspecified atom stereocenters. The van der Waals surface area contributed by atoms with Gasteiger partial charge in [0.25, 0.3) is 5.91 Å². The quantitative estimate of drug-likeness (QED) is 0.816. The highest BCUT2D eigenvalue weighted by molar-refractivity contribution is 5.98. The zero-order chi connectivity index (χ0) is 18.4. The van der Waals surface area contributed by atoms with Crippen molar-refractivity contribution in [3.63, 3.8) is 0 Å². The first-order chi connectivity index (χ1) is 12.0. The van der Waals surface area contributed by atoms with Gasteiger partial charge in [-0.3, -0.25) is 4.79 Å². The van der Waals surface area contributed by atoms with Crippen molar-refractivity contribution in [3.8, 4) is 11.5 Å². The number of amides is 1. The third kappa shape index (κ3) is 4.50. The lowest BCUT2D eigenvalue weighted by Gasteiger charge is -2.16. The summed E-state index contributed by atoms with van der Waals surface area (Å²) in [6, 6.07) is 12.2. The maximum absolute atomic E-state index is 12.4. The molecule has 2 rings (SSSR count). The van der Waals surface area contributed by atoms with E-state index in [0.717, 1.165) is 5.56 Å². The molecule has 0 saturated heterocycles. The summed E-state index contributed by atoms with van der Waals surface area (Å²) in [4.78, 5) is 24.6. The van der Waals surface area contributed by atoms with Crippen LogP contribution in [0.1, 0.15) is 22.8 Å². The van der Waals surface area contributed by atoms with Crippen molar-refractivity contribution < 1.29 is 23.8 Å². The second-order valence-corrected chi connectivity index (χ2v) is 5.44. The van der Waals surface area contributed by atoms with Gasteiger partial charge in [-0.2, -0.15) is 0 Å². The third-order valence-corrected chi connectivity index (χ3v) is 3.60. The Morgan fingerprint density at radius 3 is 2.28 bits per heavy atom. The van der Waals surface area contributed by atoms with Gasteiger partial charge < -0.3 is 19.5 Å². The zero-order valence-electron chi connectivity index (χ0n) is 14.7. The number of aryl methyl sites for hydroxylation is 1. The summed E-state index contributed by atoms with van der Waals surface area (Å²) in [5.41, 5.74) is 1.91. The molecule has 2 aromatic carbocycles. The molecule has 0 aliphatic rings. The van der Waals surface area contributed by atoms with Gasteiger partial charge in [0.05, 0.1) is 14.2 Å². The van der Waals surface area contributed by atoms with Crippen LogP contribution in [0.25, 0.3) is 0 Å². The molecule has 0 bridgehead atoms. The zero-order valence-corrected chi connectivity index (χ0v) is 14.7. The Morgan fingerprint density at radius 1 is 1.00 bits per heavy atom. The smallest absolute Gasteiger partial charge is 0.342 e. The molecular formula is C19H21NO5. The summed E-state index contributed by atoms with van der Waals surface area (Å²) < 4.78 is 15.6. The van der Waals surface area contributed by atoms with Crippen LogP contribution in [0.15, 0.2) is 42.5 Å². The van der Waals surface area contributed by atoms with Gasteiger partial charge in [-0.25, -0.2) is 4.79 Å². The van der Waals surface area contributed by atoms with Crippen molar-refractivity contribution in [2.45, 2.75) is 20.0 Å². The van der Waals surface area contributed by atoms with Gasteiger partial charge in [-0.15, -0.1) is 0 Å². The van der Waals surface area contributed by atoms with Gasteiger partial charge in [0, 0.05) is 5.69 Å². The lowest BCUT2D eigenvalue weighted by molar-refractivity contribution is -0.123. The monoisotopic (exact) mass is 343 g/mol. The van der Waals surface area contributed by atoms with Gasteiger partial charge in [0.1, 0.15) is 5.56 Å². The molecule has 1 atom stereocenters. The van der Waals surface area contributed by atoms with Crippen LogP contribution in [0.2, 0.25) is 0 Å². The predicted octanol–water partition coefficient (Wildman–Crippen LogP) is 3.20. The van der Waals surface area contributed by atoms with Gasteiger partial charge in [0.15, 0.2) is 17.6 Å². The number of esters is 1. The largest absolute Gasteiger partial charge is 0.493 e. The molecule has 1 N–H and O–H groups in total. The van der Waals surface area contributed by atoms with Crippen LogP contribution >= 0.6 is 0 Å². The van der Waals surface area contributed by atoms with E-state index in [9.17, 15) is 9.59 Å². The van der Waals surface area contributed by atoms with E-state index >= 15 is 0 Å². The summed E-state index contributed by atoms with van der Waals surface area (Å²) in [7, 11) is 2.91. The van der Waals surface area contributed by atoms with E-state index < -0.39 is 18.0 Å². The van der Waals surface area contributed by atoms with Crippen molar-refractivity contribution in [2.24, 2.45) is 0 Å². The summed E-state index contributed by atoms with van der Waals surface area (Å²) in [5, 5.41) is 2.70. The van der Waals surface area contributed by atoms with Gasteiger partial charge >= 0.3 is 5.97 Å². The first kappa shape index (κ1) is 18.3. The van der Waals surface area contributed by atoms with Crippen LogP contribution in [0, 0.1) is 6.92 Å². The number of methoxy groups -OCH3 is 2. The number of ether oxygens (including phenoxy) is 3. The molecular weight excluding hydrogens is 322 g/mol. The minimum atomic E-state index is -0.968. The number of rotatable bonds is 6. The lowest BCUT2D eigenvalue weighted by atomic mass is 10.2. The van der Waals surface area contributed by atoms with Crippen molar-refractivity contribution in [3.05, 3.63) is 53.6 Å². The molecule has 6 heteroatoms. The van der Waals surface area contributed by atoms with Gasteiger partial charge in [0.2, 0.25) is 0 Å². The molecule has 0 spiro atoms. The molecule has 0 aliphatic heterocycles. The number of hydrogen-bond acceptors (Lipinski definition) is 5. The maximum Gasteiger partial charge on any atom is 0.342 e. The molecule has 1 amide bonds. The van der Waals surface area contributed by atoms with Gasteiger partial charge in [-0.1, -0.05) is 23.8 Å². The van der Waals surface area contributed by atoms with E-state index in [-0.39, 0.29) is 11.3 Å². The van der Waals surface area contributed by atoms with Crippen LogP contribution in [0.4, 0.5) is 5.69 Å². The normalized spacial score (nSPS) is 11.4. The van der Waals surface area contributed by atoms with Crippen LogP contribution in [0.3, 0.4) is 0 Å². The maximum atomic E-state index is 12.4. The molecule has 0 aliphatic carbocycles. The fraction of sp³-hybridized carbons (Fsp3) is 0.263. The van der Waals surface area contributed by atoms with E-state index in [2.05, 4.69) is 5.32 Å². The van der Waals surface area contributed by atoms with Crippen molar-refractivity contribution in [1.82, 2.24) is 0 Å². The molecule has 25 heavy (non-hydrogen) atoms. The van der Waals surface area contributed by atoms with Crippen molar-refractivity contribution >= 4 is 17.6 Å². The molecule has 2 aromatic rings. The average Bonchev–Trinajstić information content (AvgIpc) is 2.62. The minimum Gasteiger partial charge on any atom is -0.493 e. The molecule has 6 nitrogen and oxygen atoms in total. The highest BCUT2D eigenvalue weighted by atomic mass is 16.6. The number of hydrogen-bond donors (Lipinski definition) is 1. The van der Waals surface area contributed by atoms with E-state index in [1.165, 1.54) is 21.1 Å². The van der Waals surface area contributed by atoms with E-state index in [4.69, 9.17) is 14.2 Å². The highest BCUT2D eigenvalue weighted by Gasteiger charge is 2.23. The SMILES string of the molecule is COc1cccc(C(=O)O[C@@H](C)C(=O)Nc2ccc(C)cc2)c1OC. The summed E-state index contributed by atoms with van der Waals surface area (Å²) in [6.07, 6.45) is -0.968. The Bertz CT molecular complexity index is 755. The minimum absolute atomic E-state index is 0.192. The van der Waals surface area contributed by atoms with Crippen LogP contribution < -0.4 is 14.8 Å². The number of para-hydroxylation sites is 1.